The van der Waals surface area contributed by atoms with Crippen LogP contribution in [-0.4, -0.2) is 43.1 Å². The van der Waals surface area contributed by atoms with Gasteiger partial charge in [-0.2, -0.15) is 0 Å². The van der Waals surface area contributed by atoms with Crippen LogP contribution in [0.3, 0.4) is 0 Å². The van der Waals surface area contributed by atoms with E-state index in [9.17, 15) is 9.59 Å². The van der Waals surface area contributed by atoms with E-state index in [1.807, 2.05) is 18.2 Å². The highest BCUT2D eigenvalue weighted by molar-refractivity contribution is 5.92. The van der Waals surface area contributed by atoms with Crippen molar-refractivity contribution in [3.8, 4) is 5.75 Å². The number of carbonyl (C=O) groups is 2. The van der Waals surface area contributed by atoms with E-state index < -0.39 is 0 Å². The van der Waals surface area contributed by atoms with Crippen LogP contribution in [0.2, 0.25) is 0 Å². The lowest BCUT2D eigenvalue weighted by Crippen LogP contribution is -2.42. The van der Waals surface area contributed by atoms with Crippen LogP contribution in [-0.2, 0) is 20.7 Å². The van der Waals surface area contributed by atoms with Crippen molar-refractivity contribution in [3.05, 3.63) is 35.4 Å². The molecule has 0 N–H and O–H groups in total. The fraction of sp³-hybridized carbons (Fsp3) is 0.474. The summed E-state index contributed by atoms with van der Waals surface area (Å²) in [6, 6.07) is 5.96. The third-order valence-corrected chi connectivity index (χ3v) is 4.48. The molecule has 0 saturated carbocycles. The Morgan fingerprint density at radius 3 is 3.12 bits per heavy atom. The van der Waals surface area contributed by atoms with E-state index in [-0.39, 0.29) is 17.8 Å². The number of ether oxygens (including phenoxy) is 2. The smallest absolute Gasteiger partial charge is 0.310 e. The third kappa shape index (κ3) is 3.78. The van der Waals surface area contributed by atoms with Gasteiger partial charge in [0.1, 0.15) is 5.75 Å². The predicted molar refractivity (Wildman–Crippen MR) is 90.6 cm³/mol. The molecule has 0 radical (unpaired) electrons. The van der Waals surface area contributed by atoms with Crippen LogP contribution in [0.5, 0.6) is 5.75 Å². The molecule has 128 valence electrons. The number of esters is 1. The summed E-state index contributed by atoms with van der Waals surface area (Å²) in [5.41, 5.74) is 2.18. The quantitative estimate of drug-likeness (QED) is 0.629. The zero-order valence-corrected chi connectivity index (χ0v) is 14.0. The molecule has 1 atom stereocenters. The molecule has 2 aliphatic heterocycles. The molecule has 2 aliphatic rings. The lowest BCUT2D eigenvalue weighted by Gasteiger charge is -2.30. The first-order valence-electron chi connectivity index (χ1n) is 8.56. The number of carbonyl (C=O) groups excluding carboxylic acids is 2. The van der Waals surface area contributed by atoms with Crippen LogP contribution in [0, 0.1) is 5.92 Å². The van der Waals surface area contributed by atoms with Crippen molar-refractivity contribution in [1.29, 1.82) is 0 Å². The molecule has 1 amide bonds. The average molecular weight is 329 g/mol. The standard InChI is InChI=1S/C19H23NO4/c1-2-23-19(22)16-4-3-10-20(13-16)18(21)8-6-14-5-7-17-15(12-14)9-11-24-17/h5-8,12,16H,2-4,9-11,13H2,1H3. The maximum atomic E-state index is 12.4. The van der Waals surface area contributed by atoms with Crippen molar-refractivity contribution >= 4 is 18.0 Å². The number of rotatable bonds is 4. The van der Waals surface area contributed by atoms with Crippen molar-refractivity contribution in [1.82, 2.24) is 4.90 Å². The van der Waals surface area contributed by atoms with Crippen molar-refractivity contribution in [2.24, 2.45) is 5.92 Å². The maximum absolute atomic E-state index is 12.4. The van der Waals surface area contributed by atoms with E-state index in [0.717, 1.165) is 37.2 Å². The number of hydrogen-bond acceptors (Lipinski definition) is 4. The van der Waals surface area contributed by atoms with Crippen LogP contribution in [0.4, 0.5) is 0 Å². The second kappa shape index (κ2) is 7.51. The SMILES string of the molecule is CCOC(=O)C1CCCN(C(=O)C=Cc2ccc3c(c2)CCO3)C1. The largest absolute Gasteiger partial charge is 0.493 e. The molecule has 1 saturated heterocycles. The van der Waals surface area contributed by atoms with Crippen molar-refractivity contribution in [2.75, 3.05) is 26.3 Å². The van der Waals surface area contributed by atoms with Gasteiger partial charge in [0.15, 0.2) is 0 Å². The van der Waals surface area contributed by atoms with Gasteiger partial charge < -0.3 is 14.4 Å². The second-order valence-corrected chi connectivity index (χ2v) is 6.17. The Morgan fingerprint density at radius 2 is 2.29 bits per heavy atom. The summed E-state index contributed by atoms with van der Waals surface area (Å²) in [7, 11) is 0. The van der Waals surface area contributed by atoms with Gasteiger partial charge in [0.05, 0.1) is 19.1 Å². The Bertz CT molecular complexity index is 653. The van der Waals surface area contributed by atoms with Gasteiger partial charge in [0, 0.05) is 25.6 Å². The predicted octanol–water partition coefficient (Wildman–Crippen LogP) is 2.44. The van der Waals surface area contributed by atoms with Crippen LogP contribution < -0.4 is 4.74 Å². The molecule has 24 heavy (non-hydrogen) atoms. The summed E-state index contributed by atoms with van der Waals surface area (Å²) < 4.78 is 10.6. The maximum Gasteiger partial charge on any atom is 0.310 e. The Balaban J connectivity index is 1.60. The molecular weight excluding hydrogens is 306 g/mol. The van der Waals surface area contributed by atoms with Crippen molar-refractivity contribution in [3.63, 3.8) is 0 Å². The lowest BCUT2D eigenvalue weighted by atomic mass is 9.98. The monoisotopic (exact) mass is 329 g/mol. The summed E-state index contributed by atoms with van der Waals surface area (Å²) >= 11 is 0. The second-order valence-electron chi connectivity index (χ2n) is 6.17. The molecule has 1 unspecified atom stereocenters. The van der Waals surface area contributed by atoms with Crippen molar-refractivity contribution in [2.45, 2.75) is 26.2 Å². The van der Waals surface area contributed by atoms with Gasteiger partial charge in [0.25, 0.3) is 0 Å². The third-order valence-electron chi connectivity index (χ3n) is 4.48. The molecule has 1 aromatic carbocycles. The molecule has 0 aliphatic carbocycles. The first-order chi connectivity index (χ1) is 11.7. The van der Waals surface area contributed by atoms with Gasteiger partial charge >= 0.3 is 5.97 Å². The summed E-state index contributed by atoms with van der Waals surface area (Å²) in [5, 5.41) is 0. The minimum absolute atomic E-state index is 0.0549. The highest BCUT2D eigenvalue weighted by Gasteiger charge is 2.28. The minimum atomic E-state index is -0.201. The fourth-order valence-electron chi connectivity index (χ4n) is 3.21. The van der Waals surface area contributed by atoms with Gasteiger partial charge in [-0.05, 0) is 49.1 Å². The number of benzene rings is 1. The van der Waals surface area contributed by atoms with Crippen LogP contribution in [0.25, 0.3) is 6.08 Å². The number of nitrogens with zero attached hydrogens (tertiary/aromatic N) is 1. The van der Waals surface area contributed by atoms with Gasteiger partial charge in [0.2, 0.25) is 5.91 Å². The van der Waals surface area contributed by atoms with E-state index in [0.29, 0.717) is 19.7 Å². The number of fused-ring (bicyclic) bond motifs is 1. The van der Waals surface area contributed by atoms with Gasteiger partial charge in [-0.15, -0.1) is 0 Å². The van der Waals surface area contributed by atoms with E-state index in [4.69, 9.17) is 9.47 Å². The highest BCUT2D eigenvalue weighted by atomic mass is 16.5. The Hall–Kier alpha value is -2.30. The van der Waals surface area contributed by atoms with E-state index in [1.54, 1.807) is 17.9 Å². The first-order valence-corrected chi connectivity index (χ1v) is 8.56. The topological polar surface area (TPSA) is 55.8 Å². The summed E-state index contributed by atoms with van der Waals surface area (Å²) in [6.07, 6.45) is 5.95. The molecule has 1 aromatic rings. The van der Waals surface area contributed by atoms with Crippen LogP contribution >= 0.6 is 0 Å². The number of hydrogen-bond donors (Lipinski definition) is 0. The Kier molecular flexibility index (Phi) is 5.18. The molecular formula is C19H23NO4. The van der Waals surface area contributed by atoms with E-state index in [1.165, 1.54) is 5.56 Å². The Morgan fingerprint density at radius 1 is 1.42 bits per heavy atom. The molecule has 5 nitrogen and oxygen atoms in total. The number of piperidine rings is 1. The summed E-state index contributed by atoms with van der Waals surface area (Å²) in [4.78, 5) is 26.0. The molecule has 2 heterocycles. The molecule has 3 rings (SSSR count). The van der Waals surface area contributed by atoms with Crippen molar-refractivity contribution < 1.29 is 19.1 Å². The van der Waals surface area contributed by atoms with Crippen LogP contribution in [0.1, 0.15) is 30.9 Å². The first kappa shape index (κ1) is 16.6. The molecule has 1 fully saturated rings. The molecule has 5 heteroatoms. The molecule has 0 spiro atoms. The van der Waals surface area contributed by atoms with Gasteiger partial charge in [-0.1, -0.05) is 6.07 Å². The zero-order valence-electron chi connectivity index (χ0n) is 14.0. The van der Waals surface area contributed by atoms with Gasteiger partial charge in [-0.3, -0.25) is 9.59 Å². The normalized spacial score (nSPS) is 19.9. The lowest BCUT2D eigenvalue weighted by molar-refractivity contribution is -0.150. The Labute approximate surface area is 142 Å². The molecule has 0 bridgehead atoms. The van der Waals surface area contributed by atoms with E-state index in [2.05, 4.69) is 6.07 Å². The minimum Gasteiger partial charge on any atom is -0.493 e. The summed E-state index contributed by atoms with van der Waals surface area (Å²) in [6.45, 7) is 4.04. The van der Waals surface area contributed by atoms with E-state index >= 15 is 0 Å². The fourth-order valence-corrected chi connectivity index (χ4v) is 3.21. The highest BCUT2D eigenvalue weighted by Crippen LogP contribution is 2.26. The van der Waals surface area contributed by atoms with Gasteiger partial charge in [-0.25, -0.2) is 0 Å². The van der Waals surface area contributed by atoms with Crippen LogP contribution in [0.15, 0.2) is 24.3 Å². The average Bonchev–Trinajstić information content (AvgIpc) is 3.07. The zero-order chi connectivity index (χ0) is 16.9. The molecule has 0 aromatic heterocycles. The summed E-state index contributed by atoms with van der Waals surface area (Å²) in [5.74, 6) is 0.485. The number of likely N-dealkylation sites (tertiary alicyclic amines) is 1. The number of amides is 1.